The van der Waals surface area contributed by atoms with E-state index in [4.69, 9.17) is 25.8 Å². The van der Waals surface area contributed by atoms with Gasteiger partial charge in [-0.25, -0.2) is 8.42 Å². The summed E-state index contributed by atoms with van der Waals surface area (Å²) in [4.78, 5) is 0.156. The van der Waals surface area contributed by atoms with Crippen LogP contribution in [0.25, 0.3) is 0 Å². The number of sulfonamides is 1. The second kappa shape index (κ2) is 7.42. The van der Waals surface area contributed by atoms with Crippen LogP contribution in [0, 0.1) is 0 Å². The lowest BCUT2D eigenvalue weighted by molar-refractivity contribution is 0.171. The molecule has 0 fully saturated rings. The SMILES string of the molecule is O=S(=O)(c1ccc2c(c1)OCCO2)N1C/C=C\COc2ccc(Cl)cc2C1. The van der Waals surface area contributed by atoms with Crippen LogP contribution in [-0.4, -0.2) is 39.1 Å². The molecule has 0 atom stereocenters. The molecule has 27 heavy (non-hydrogen) atoms. The van der Waals surface area contributed by atoms with Crippen LogP contribution in [-0.2, 0) is 16.6 Å². The van der Waals surface area contributed by atoms with Crippen LogP contribution in [0.1, 0.15) is 5.56 Å². The highest BCUT2D eigenvalue weighted by atomic mass is 35.5. The van der Waals surface area contributed by atoms with E-state index < -0.39 is 10.0 Å². The van der Waals surface area contributed by atoms with E-state index in [9.17, 15) is 8.42 Å². The van der Waals surface area contributed by atoms with Gasteiger partial charge < -0.3 is 14.2 Å². The molecule has 2 aliphatic rings. The van der Waals surface area contributed by atoms with Crippen molar-refractivity contribution in [2.75, 3.05) is 26.4 Å². The molecule has 2 heterocycles. The van der Waals surface area contributed by atoms with Gasteiger partial charge >= 0.3 is 0 Å². The minimum absolute atomic E-state index is 0.150. The Kier molecular flexibility index (Phi) is 4.99. The average Bonchev–Trinajstić information content (AvgIpc) is 2.77. The Bertz CT molecular complexity index is 990. The Hall–Kier alpha value is -2.22. The Morgan fingerprint density at radius 2 is 1.67 bits per heavy atom. The quantitative estimate of drug-likeness (QED) is 0.715. The standard InChI is InChI=1S/C19H18ClNO5S/c20-15-3-5-17-14(11-15)13-21(7-1-2-8-24-17)27(22,23)16-4-6-18-19(12-16)26-10-9-25-18/h1-6,11-12H,7-10,13H2/b2-1-. The fourth-order valence-corrected chi connectivity index (χ4v) is 4.56. The van der Waals surface area contributed by atoms with Crippen molar-refractivity contribution < 1.29 is 22.6 Å². The molecule has 142 valence electrons. The lowest BCUT2D eigenvalue weighted by Crippen LogP contribution is -2.31. The first kappa shape index (κ1) is 18.2. The fraction of sp³-hybridized carbons (Fsp3) is 0.263. The molecule has 4 rings (SSSR count). The van der Waals surface area contributed by atoms with Gasteiger partial charge in [-0.15, -0.1) is 0 Å². The van der Waals surface area contributed by atoms with Crippen LogP contribution in [0.15, 0.2) is 53.4 Å². The molecule has 0 aliphatic carbocycles. The summed E-state index contributed by atoms with van der Waals surface area (Å²) in [7, 11) is -3.76. The van der Waals surface area contributed by atoms with Gasteiger partial charge in [0.25, 0.3) is 0 Å². The largest absolute Gasteiger partial charge is 0.489 e. The Morgan fingerprint density at radius 1 is 0.889 bits per heavy atom. The van der Waals surface area contributed by atoms with Crippen molar-refractivity contribution in [1.82, 2.24) is 4.31 Å². The van der Waals surface area contributed by atoms with Gasteiger partial charge in [0.15, 0.2) is 11.5 Å². The number of nitrogens with zero attached hydrogens (tertiary/aromatic N) is 1. The zero-order valence-corrected chi connectivity index (χ0v) is 16.0. The zero-order chi connectivity index (χ0) is 18.9. The minimum atomic E-state index is -3.76. The molecule has 0 saturated heterocycles. The smallest absolute Gasteiger partial charge is 0.243 e. The van der Waals surface area contributed by atoms with Crippen molar-refractivity contribution in [2.45, 2.75) is 11.4 Å². The molecular weight excluding hydrogens is 390 g/mol. The second-order valence-electron chi connectivity index (χ2n) is 6.14. The molecule has 2 aromatic carbocycles. The Labute approximate surface area is 163 Å². The number of fused-ring (bicyclic) bond motifs is 2. The molecule has 0 aromatic heterocycles. The molecule has 0 amide bonds. The summed E-state index contributed by atoms with van der Waals surface area (Å²) in [5, 5.41) is 0.529. The summed E-state index contributed by atoms with van der Waals surface area (Å²) in [5.74, 6) is 1.61. The third-order valence-corrected chi connectivity index (χ3v) is 6.37. The summed E-state index contributed by atoms with van der Waals surface area (Å²) in [6.45, 7) is 1.59. The van der Waals surface area contributed by atoms with Gasteiger partial charge in [0.1, 0.15) is 25.6 Å². The van der Waals surface area contributed by atoms with Gasteiger partial charge in [0, 0.05) is 29.7 Å². The predicted molar refractivity (Wildman–Crippen MR) is 101 cm³/mol. The first-order valence-corrected chi connectivity index (χ1v) is 10.3. The zero-order valence-electron chi connectivity index (χ0n) is 14.4. The normalized spacial score (nSPS) is 18.4. The minimum Gasteiger partial charge on any atom is -0.489 e. The molecule has 2 aliphatic heterocycles. The van der Waals surface area contributed by atoms with Crippen molar-refractivity contribution in [3.8, 4) is 17.2 Å². The molecule has 0 bridgehead atoms. The average molecular weight is 408 g/mol. The number of rotatable bonds is 2. The molecule has 0 radical (unpaired) electrons. The summed E-state index contributed by atoms with van der Waals surface area (Å²) < 4.78 is 44.6. The van der Waals surface area contributed by atoms with Gasteiger partial charge in [-0.05, 0) is 30.3 Å². The van der Waals surface area contributed by atoms with Gasteiger partial charge in [-0.1, -0.05) is 23.8 Å². The lowest BCUT2D eigenvalue weighted by Gasteiger charge is -2.23. The van der Waals surface area contributed by atoms with Crippen molar-refractivity contribution in [3.63, 3.8) is 0 Å². The maximum absolute atomic E-state index is 13.3. The molecule has 0 spiro atoms. The van der Waals surface area contributed by atoms with Crippen molar-refractivity contribution in [2.24, 2.45) is 0 Å². The van der Waals surface area contributed by atoms with Crippen LogP contribution >= 0.6 is 11.6 Å². The summed E-state index contributed by atoms with van der Waals surface area (Å²) in [5.41, 5.74) is 0.715. The maximum atomic E-state index is 13.3. The van der Waals surface area contributed by atoms with E-state index in [1.807, 2.05) is 0 Å². The van der Waals surface area contributed by atoms with Crippen LogP contribution in [0.5, 0.6) is 17.2 Å². The number of hydrogen-bond acceptors (Lipinski definition) is 5. The molecule has 2 aromatic rings. The monoisotopic (exact) mass is 407 g/mol. The van der Waals surface area contributed by atoms with Crippen molar-refractivity contribution in [1.29, 1.82) is 0 Å². The Balaban J connectivity index is 1.71. The fourth-order valence-electron chi connectivity index (χ4n) is 2.98. The maximum Gasteiger partial charge on any atom is 0.243 e. The number of benzene rings is 2. The number of hydrogen-bond donors (Lipinski definition) is 0. The highest BCUT2D eigenvalue weighted by molar-refractivity contribution is 7.89. The summed E-state index contributed by atoms with van der Waals surface area (Å²) in [6, 6.07) is 9.88. The third kappa shape index (κ3) is 3.76. The third-order valence-electron chi connectivity index (χ3n) is 4.33. The van der Waals surface area contributed by atoms with E-state index in [1.54, 1.807) is 36.4 Å². The van der Waals surface area contributed by atoms with E-state index in [-0.39, 0.29) is 18.0 Å². The summed E-state index contributed by atoms with van der Waals surface area (Å²) >= 11 is 6.10. The summed E-state index contributed by atoms with van der Waals surface area (Å²) in [6.07, 6.45) is 3.58. The van der Waals surface area contributed by atoms with E-state index >= 15 is 0 Å². The molecule has 6 nitrogen and oxygen atoms in total. The molecule has 0 saturated carbocycles. The molecule has 0 N–H and O–H groups in total. The number of halogens is 1. The van der Waals surface area contributed by atoms with Crippen LogP contribution in [0.3, 0.4) is 0 Å². The van der Waals surface area contributed by atoms with Gasteiger partial charge in [0.2, 0.25) is 10.0 Å². The number of ether oxygens (including phenoxy) is 3. The van der Waals surface area contributed by atoms with Gasteiger partial charge in [0.05, 0.1) is 4.90 Å². The van der Waals surface area contributed by atoms with Gasteiger partial charge in [-0.3, -0.25) is 0 Å². The first-order valence-electron chi connectivity index (χ1n) is 8.50. The van der Waals surface area contributed by atoms with Crippen molar-refractivity contribution >= 4 is 21.6 Å². The van der Waals surface area contributed by atoms with E-state index in [2.05, 4.69) is 0 Å². The van der Waals surface area contributed by atoms with Crippen LogP contribution in [0.4, 0.5) is 0 Å². The van der Waals surface area contributed by atoms with E-state index in [0.29, 0.717) is 47.7 Å². The highest BCUT2D eigenvalue weighted by Crippen LogP contribution is 2.34. The van der Waals surface area contributed by atoms with E-state index in [1.165, 1.54) is 16.4 Å². The van der Waals surface area contributed by atoms with Crippen LogP contribution in [0.2, 0.25) is 5.02 Å². The molecule has 8 heteroatoms. The van der Waals surface area contributed by atoms with Crippen molar-refractivity contribution in [3.05, 3.63) is 59.1 Å². The first-order chi connectivity index (χ1) is 13.0. The lowest BCUT2D eigenvalue weighted by atomic mass is 10.2. The molecule has 0 unspecified atom stereocenters. The predicted octanol–water partition coefficient (Wildman–Crippen LogP) is 3.25. The Morgan fingerprint density at radius 3 is 2.52 bits per heavy atom. The second-order valence-corrected chi connectivity index (χ2v) is 8.51. The van der Waals surface area contributed by atoms with E-state index in [0.717, 1.165) is 0 Å². The van der Waals surface area contributed by atoms with Crippen LogP contribution < -0.4 is 14.2 Å². The van der Waals surface area contributed by atoms with Gasteiger partial charge in [-0.2, -0.15) is 4.31 Å². The highest BCUT2D eigenvalue weighted by Gasteiger charge is 2.27. The molecular formula is C19H18ClNO5S. The topological polar surface area (TPSA) is 65.1 Å².